The molecule has 0 aliphatic carbocycles. The monoisotopic (exact) mass is 353 g/mol. The standard InChI is InChI=1S/C15H16BrNO4/c1-15(2,3)21-14(20)17-11(8-13(18)19)6-9-4-5-10(16)7-12(9)17/h4-7H,8H2,1-3H3,(H,18,19). The summed E-state index contributed by atoms with van der Waals surface area (Å²) in [4.78, 5) is 23.4. The van der Waals surface area contributed by atoms with Crippen LogP contribution in [0.5, 0.6) is 0 Å². The summed E-state index contributed by atoms with van der Waals surface area (Å²) in [7, 11) is 0. The van der Waals surface area contributed by atoms with Gasteiger partial charge in [0.15, 0.2) is 0 Å². The van der Waals surface area contributed by atoms with Crippen molar-refractivity contribution in [2.45, 2.75) is 32.8 Å². The number of ether oxygens (including phenoxy) is 1. The van der Waals surface area contributed by atoms with Gasteiger partial charge in [-0.2, -0.15) is 0 Å². The first-order valence-electron chi connectivity index (χ1n) is 6.42. The molecule has 2 aromatic rings. The van der Waals surface area contributed by atoms with E-state index in [2.05, 4.69) is 15.9 Å². The van der Waals surface area contributed by atoms with Crippen LogP contribution in [0.15, 0.2) is 28.7 Å². The smallest absolute Gasteiger partial charge is 0.419 e. The second-order valence-electron chi connectivity index (χ2n) is 5.73. The molecule has 5 nitrogen and oxygen atoms in total. The van der Waals surface area contributed by atoms with Gasteiger partial charge in [0.2, 0.25) is 0 Å². The van der Waals surface area contributed by atoms with Gasteiger partial charge >= 0.3 is 12.1 Å². The van der Waals surface area contributed by atoms with E-state index in [1.807, 2.05) is 12.1 Å². The lowest BCUT2D eigenvalue weighted by atomic mass is 10.2. The predicted octanol–water partition coefficient (Wildman–Crippen LogP) is 3.81. The minimum Gasteiger partial charge on any atom is -0.481 e. The van der Waals surface area contributed by atoms with E-state index in [0.29, 0.717) is 11.2 Å². The minimum atomic E-state index is -0.998. The molecule has 1 aromatic heterocycles. The summed E-state index contributed by atoms with van der Waals surface area (Å²) in [6.45, 7) is 5.30. The van der Waals surface area contributed by atoms with Crippen molar-refractivity contribution in [3.05, 3.63) is 34.4 Å². The molecule has 112 valence electrons. The number of carbonyl (C=O) groups is 2. The molecule has 0 spiro atoms. The Balaban J connectivity index is 2.58. The minimum absolute atomic E-state index is 0.245. The van der Waals surface area contributed by atoms with Crippen LogP contribution in [0.1, 0.15) is 26.5 Å². The van der Waals surface area contributed by atoms with Crippen LogP contribution in [-0.2, 0) is 16.0 Å². The molecule has 6 heteroatoms. The predicted molar refractivity (Wildman–Crippen MR) is 82.6 cm³/mol. The van der Waals surface area contributed by atoms with Gasteiger partial charge in [-0.05, 0) is 39.0 Å². The highest BCUT2D eigenvalue weighted by molar-refractivity contribution is 9.10. The Labute approximate surface area is 130 Å². The number of nitrogens with zero attached hydrogens (tertiary/aromatic N) is 1. The molecule has 0 aliphatic rings. The fourth-order valence-corrected chi connectivity index (χ4v) is 2.39. The van der Waals surface area contributed by atoms with E-state index in [0.717, 1.165) is 9.86 Å². The molecule has 0 atom stereocenters. The van der Waals surface area contributed by atoms with Crippen molar-refractivity contribution in [2.75, 3.05) is 0 Å². The molecule has 0 unspecified atom stereocenters. The zero-order valence-electron chi connectivity index (χ0n) is 12.0. The summed E-state index contributed by atoms with van der Waals surface area (Å²) in [5.41, 5.74) is 0.361. The molecular weight excluding hydrogens is 338 g/mol. The Morgan fingerprint density at radius 1 is 1.29 bits per heavy atom. The van der Waals surface area contributed by atoms with Crippen LogP contribution >= 0.6 is 15.9 Å². The van der Waals surface area contributed by atoms with Crippen LogP contribution < -0.4 is 0 Å². The van der Waals surface area contributed by atoms with Crippen LogP contribution in [-0.4, -0.2) is 27.3 Å². The molecule has 0 saturated carbocycles. The average Bonchev–Trinajstić information content (AvgIpc) is 2.62. The van der Waals surface area contributed by atoms with E-state index in [-0.39, 0.29) is 6.42 Å². The maximum absolute atomic E-state index is 12.4. The molecule has 2 rings (SSSR count). The number of carboxylic acid groups (broad SMARTS) is 1. The SMILES string of the molecule is CC(C)(C)OC(=O)n1c(CC(=O)O)cc2ccc(Br)cc21. The van der Waals surface area contributed by atoms with Crippen molar-refractivity contribution >= 4 is 38.9 Å². The summed E-state index contributed by atoms with van der Waals surface area (Å²) in [5.74, 6) is -0.998. The molecule has 1 heterocycles. The third kappa shape index (κ3) is 3.64. The molecule has 0 aliphatic heterocycles. The summed E-state index contributed by atoms with van der Waals surface area (Å²) in [6.07, 6.45) is -0.821. The van der Waals surface area contributed by atoms with E-state index in [1.165, 1.54) is 4.57 Å². The quantitative estimate of drug-likeness (QED) is 0.890. The fraction of sp³-hybridized carbons (Fsp3) is 0.333. The van der Waals surface area contributed by atoms with Crippen LogP contribution in [0.4, 0.5) is 4.79 Å². The molecule has 0 radical (unpaired) electrons. The number of benzene rings is 1. The van der Waals surface area contributed by atoms with Crippen LogP contribution in [0, 0.1) is 0 Å². The third-order valence-electron chi connectivity index (χ3n) is 2.75. The molecular formula is C15H16BrNO4. The Kier molecular flexibility index (Phi) is 4.09. The summed E-state index contributed by atoms with van der Waals surface area (Å²) in [5, 5.41) is 9.80. The Hall–Kier alpha value is -1.82. The first kappa shape index (κ1) is 15.6. The molecule has 0 fully saturated rings. The van der Waals surface area contributed by atoms with Crippen molar-refractivity contribution < 1.29 is 19.4 Å². The van der Waals surface area contributed by atoms with Crippen molar-refractivity contribution in [3.63, 3.8) is 0 Å². The van der Waals surface area contributed by atoms with Crippen LogP contribution in [0.25, 0.3) is 10.9 Å². The fourth-order valence-electron chi connectivity index (χ4n) is 2.04. The number of halogens is 1. The van der Waals surface area contributed by atoms with Gasteiger partial charge in [0.05, 0.1) is 11.9 Å². The normalized spacial score (nSPS) is 11.6. The van der Waals surface area contributed by atoms with Crippen molar-refractivity contribution in [2.24, 2.45) is 0 Å². The maximum Gasteiger partial charge on any atom is 0.419 e. The third-order valence-corrected chi connectivity index (χ3v) is 3.24. The van der Waals surface area contributed by atoms with Gasteiger partial charge in [0.25, 0.3) is 0 Å². The molecule has 21 heavy (non-hydrogen) atoms. The lowest BCUT2D eigenvalue weighted by molar-refractivity contribution is -0.136. The van der Waals surface area contributed by atoms with Gasteiger partial charge in [-0.1, -0.05) is 22.0 Å². The lowest BCUT2D eigenvalue weighted by Crippen LogP contribution is -2.28. The molecule has 0 bridgehead atoms. The second-order valence-corrected chi connectivity index (χ2v) is 6.64. The first-order valence-corrected chi connectivity index (χ1v) is 7.22. The highest BCUT2D eigenvalue weighted by atomic mass is 79.9. The highest BCUT2D eigenvalue weighted by Crippen LogP contribution is 2.25. The summed E-state index contributed by atoms with van der Waals surface area (Å²) < 4.78 is 7.49. The summed E-state index contributed by atoms with van der Waals surface area (Å²) >= 11 is 3.36. The zero-order chi connectivity index (χ0) is 15.8. The van der Waals surface area contributed by atoms with E-state index < -0.39 is 17.7 Å². The molecule has 0 saturated heterocycles. The number of rotatable bonds is 2. The Bertz CT molecular complexity index is 712. The number of carboxylic acids is 1. The van der Waals surface area contributed by atoms with Gasteiger partial charge in [-0.15, -0.1) is 0 Å². The second kappa shape index (κ2) is 5.52. The largest absolute Gasteiger partial charge is 0.481 e. The maximum atomic E-state index is 12.4. The van der Waals surface area contributed by atoms with E-state index in [1.54, 1.807) is 32.9 Å². The Morgan fingerprint density at radius 2 is 1.95 bits per heavy atom. The summed E-state index contributed by atoms with van der Waals surface area (Å²) in [6, 6.07) is 7.13. The van der Waals surface area contributed by atoms with Gasteiger partial charge < -0.3 is 9.84 Å². The zero-order valence-corrected chi connectivity index (χ0v) is 13.6. The van der Waals surface area contributed by atoms with Crippen LogP contribution in [0.2, 0.25) is 0 Å². The van der Waals surface area contributed by atoms with Gasteiger partial charge in [0, 0.05) is 15.6 Å². The lowest BCUT2D eigenvalue weighted by Gasteiger charge is -2.20. The number of aliphatic carboxylic acids is 1. The average molecular weight is 354 g/mol. The number of fused-ring (bicyclic) bond motifs is 1. The number of carbonyl (C=O) groups excluding carboxylic acids is 1. The van der Waals surface area contributed by atoms with Crippen molar-refractivity contribution in [1.82, 2.24) is 4.57 Å². The van der Waals surface area contributed by atoms with E-state index >= 15 is 0 Å². The van der Waals surface area contributed by atoms with Crippen molar-refractivity contribution in [3.8, 4) is 0 Å². The van der Waals surface area contributed by atoms with E-state index in [4.69, 9.17) is 9.84 Å². The van der Waals surface area contributed by atoms with Crippen molar-refractivity contribution in [1.29, 1.82) is 0 Å². The van der Waals surface area contributed by atoms with Gasteiger partial charge in [-0.25, -0.2) is 9.36 Å². The van der Waals surface area contributed by atoms with Crippen LogP contribution in [0.3, 0.4) is 0 Å². The molecule has 0 amide bonds. The van der Waals surface area contributed by atoms with Gasteiger partial charge in [0.1, 0.15) is 5.60 Å². The Morgan fingerprint density at radius 3 is 2.52 bits per heavy atom. The topological polar surface area (TPSA) is 68.5 Å². The molecule has 1 N–H and O–H groups in total. The van der Waals surface area contributed by atoms with E-state index in [9.17, 15) is 9.59 Å². The number of aromatic nitrogens is 1. The first-order chi connectivity index (χ1) is 9.67. The highest BCUT2D eigenvalue weighted by Gasteiger charge is 2.23. The number of hydrogen-bond donors (Lipinski definition) is 1. The number of hydrogen-bond acceptors (Lipinski definition) is 3. The van der Waals surface area contributed by atoms with Gasteiger partial charge in [-0.3, -0.25) is 4.79 Å². The molecule has 1 aromatic carbocycles.